The van der Waals surface area contributed by atoms with Gasteiger partial charge in [-0.05, 0) is 65.2 Å². The van der Waals surface area contributed by atoms with Gasteiger partial charge in [0.05, 0.1) is 10.4 Å². The highest BCUT2D eigenvalue weighted by Gasteiger charge is 2.30. The number of hydrogen-bond donors (Lipinski definition) is 0. The Balaban J connectivity index is 2.53. The lowest BCUT2D eigenvalue weighted by Gasteiger charge is -2.22. The van der Waals surface area contributed by atoms with Gasteiger partial charge in [-0.2, -0.15) is 16.9 Å². The zero-order valence-electron chi connectivity index (χ0n) is 11.7. The normalized spacial score (nSPS) is 16.4. The Labute approximate surface area is 109 Å². The monoisotopic (exact) mass is 252 g/mol. The van der Waals surface area contributed by atoms with Gasteiger partial charge in [-0.15, -0.1) is 0 Å². The summed E-state index contributed by atoms with van der Waals surface area (Å²) in [7, 11) is 0. The minimum atomic E-state index is 0.140. The number of hydrogen-bond acceptors (Lipinski definition) is 2. The lowest BCUT2D eigenvalue weighted by molar-refractivity contribution is 0.489. The molecule has 0 aliphatic heterocycles. The van der Waals surface area contributed by atoms with Gasteiger partial charge in [0.1, 0.15) is 0 Å². The molecule has 0 N–H and O–H groups in total. The van der Waals surface area contributed by atoms with Crippen molar-refractivity contribution in [2.45, 2.75) is 64.2 Å². The van der Waals surface area contributed by atoms with Crippen LogP contribution < -0.4 is 0 Å². The molecule has 0 bridgehead atoms. The second-order valence-electron chi connectivity index (χ2n) is 5.73. The molecular weight excluding hydrogens is 228 g/mol. The SMILES string of the molecule is CSC(C)(C)c1nn(C(C)C)c2c1CCCC2. The molecular formula is C14H24N2S. The van der Waals surface area contributed by atoms with Crippen molar-refractivity contribution in [2.24, 2.45) is 0 Å². The molecule has 0 fully saturated rings. The van der Waals surface area contributed by atoms with Crippen molar-refractivity contribution in [3.63, 3.8) is 0 Å². The second-order valence-corrected chi connectivity index (χ2v) is 7.16. The molecule has 17 heavy (non-hydrogen) atoms. The molecule has 1 heterocycles. The molecule has 0 aromatic carbocycles. The number of fused-ring (bicyclic) bond motifs is 1. The van der Waals surface area contributed by atoms with Crippen molar-refractivity contribution in [3.8, 4) is 0 Å². The van der Waals surface area contributed by atoms with Crippen LogP contribution in [0.4, 0.5) is 0 Å². The Morgan fingerprint density at radius 3 is 2.47 bits per heavy atom. The molecule has 1 aromatic rings. The first-order valence-electron chi connectivity index (χ1n) is 6.63. The first-order chi connectivity index (χ1) is 7.97. The van der Waals surface area contributed by atoms with E-state index < -0.39 is 0 Å². The van der Waals surface area contributed by atoms with Crippen LogP contribution in [0, 0.1) is 0 Å². The molecule has 0 unspecified atom stereocenters. The quantitative estimate of drug-likeness (QED) is 0.811. The Morgan fingerprint density at radius 2 is 1.88 bits per heavy atom. The van der Waals surface area contributed by atoms with Gasteiger partial charge in [-0.25, -0.2) is 0 Å². The molecule has 1 aliphatic carbocycles. The van der Waals surface area contributed by atoms with E-state index in [2.05, 4.69) is 38.6 Å². The summed E-state index contributed by atoms with van der Waals surface area (Å²) in [5, 5.41) is 4.93. The van der Waals surface area contributed by atoms with E-state index in [1.54, 1.807) is 5.56 Å². The van der Waals surface area contributed by atoms with Crippen molar-refractivity contribution in [3.05, 3.63) is 17.0 Å². The molecule has 96 valence electrons. The predicted molar refractivity (Wildman–Crippen MR) is 75.8 cm³/mol. The fourth-order valence-electron chi connectivity index (χ4n) is 2.63. The number of nitrogens with zero attached hydrogens (tertiary/aromatic N) is 2. The molecule has 0 radical (unpaired) electrons. The van der Waals surface area contributed by atoms with Crippen molar-refractivity contribution in [2.75, 3.05) is 6.26 Å². The van der Waals surface area contributed by atoms with E-state index in [9.17, 15) is 0 Å². The molecule has 0 atom stereocenters. The van der Waals surface area contributed by atoms with Crippen molar-refractivity contribution in [1.82, 2.24) is 9.78 Å². The lowest BCUT2D eigenvalue weighted by Crippen LogP contribution is -2.15. The third-order valence-corrected chi connectivity index (χ3v) is 4.99. The van der Waals surface area contributed by atoms with Gasteiger partial charge in [0.15, 0.2) is 0 Å². The van der Waals surface area contributed by atoms with Crippen LogP contribution in [0.15, 0.2) is 0 Å². The summed E-state index contributed by atoms with van der Waals surface area (Å²) < 4.78 is 2.41. The van der Waals surface area contributed by atoms with E-state index in [1.165, 1.54) is 37.1 Å². The molecule has 0 amide bonds. The standard InChI is InChI=1S/C14H24N2S/c1-10(2)16-12-9-7-6-8-11(12)13(15-16)14(3,4)17-5/h10H,6-9H2,1-5H3. The fraction of sp³-hybridized carbons (Fsp3) is 0.786. The third-order valence-electron chi connectivity index (χ3n) is 3.78. The molecule has 1 aromatic heterocycles. The topological polar surface area (TPSA) is 17.8 Å². The largest absolute Gasteiger partial charge is 0.266 e. The zero-order valence-corrected chi connectivity index (χ0v) is 12.5. The van der Waals surface area contributed by atoms with E-state index in [1.807, 2.05) is 11.8 Å². The van der Waals surface area contributed by atoms with Gasteiger partial charge in [-0.3, -0.25) is 4.68 Å². The van der Waals surface area contributed by atoms with Crippen LogP contribution in [0.3, 0.4) is 0 Å². The van der Waals surface area contributed by atoms with Crippen LogP contribution in [0.25, 0.3) is 0 Å². The van der Waals surface area contributed by atoms with Crippen LogP contribution in [-0.2, 0) is 17.6 Å². The molecule has 1 aliphatic rings. The van der Waals surface area contributed by atoms with Gasteiger partial charge < -0.3 is 0 Å². The van der Waals surface area contributed by atoms with Crippen molar-refractivity contribution >= 4 is 11.8 Å². The highest BCUT2D eigenvalue weighted by atomic mass is 32.2. The third kappa shape index (κ3) is 2.26. The number of aromatic nitrogens is 2. The Morgan fingerprint density at radius 1 is 1.24 bits per heavy atom. The maximum absolute atomic E-state index is 4.93. The summed E-state index contributed by atoms with van der Waals surface area (Å²) in [6, 6.07) is 0.480. The van der Waals surface area contributed by atoms with Crippen LogP contribution in [0.2, 0.25) is 0 Å². The van der Waals surface area contributed by atoms with Crippen LogP contribution in [0.1, 0.15) is 63.5 Å². The van der Waals surface area contributed by atoms with Gasteiger partial charge in [0.25, 0.3) is 0 Å². The van der Waals surface area contributed by atoms with Crippen LogP contribution >= 0.6 is 11.8 Å². The highest BCUT2D eigenvalue weighted by molar-refractivity contribution is 7.99. The molecule has 0 saturated heterocycles. The van der Waals surface area contributed by atoms with Crippen molar-refractivity contribution < 1.29 is 0 Å². The van der Waals surface area contributed by atoms with Gasteiger partial charge in [-0.1, -0.05) is 0 Å². The van der Waals surface area contributed by atoms with Gasteiger partial charge in [0, 0.05) is 11.7 Å². The lowest BCUT2D eigenvalue weighted by atomic mass is 9.92. The molecule has 0 saturated carbocycles. The van der Waals surface area contributed by atoms with E-state index in [0.717, 1.165) is 0 Å². The summed E-state index contributed by atoms with van der Waals surface area (Å²) in [6.45, 7) is 9.05. The number of rotatable bonds is 3. The first kappa shape index (κ1) is 13.0. The summed E-state index contributed by atoms with van der Waals surface area (Å²) in [4.78, 5) is 0. The summed E-state index contributed by atoms with van der Waals surface area (Å²) in [6.07, 6.45) is 7.27. The molecule has 2 nitrogen and oxygen atoms in total. The van der Waals surface area contributed by atoms with Crippen molar-refractivity contribution in [1.29, 1.82) is 0 Å². The predicted octanol–water partition coefficient (Wildman–Crippen LogP) is 3.94. The van der Waals surface area contributed by atoms with Gasteiger partial charge in [0.2, 0.25) is 0 Å². The maximum Gasteiger partial charge on any atom is 0.0814 e. The summed E-state index contributed by atoms with van der Waals surface area (Å²) >= 11 is 1.90. The van der Waals surface area contributed by atoms with Gasteiger partial charge >= 0.3 is 0 Å². The van der Waals surface area contributed by atoms with E-state index in [-0.39, 0.29) is 4.75 Å². The average Bonchev–Trinajstić information content (AvgIpc) is 2.69. The van der Waals surface area contributed by atoms with E-state index in [4.69, 9.17) is 5.10 Å². The maximum atomic E-state index is 4.93. The summed E-state index contributed by atoms with van der Waals surface area (Å²) in [5.74, 6) is 0. The molecule has 3 heteroatoms. The minimum absolute atomic E-state index is 0.140. The Kier molecular flexibility index (Phi) is 3.58. The average molecular weight is 252 g/mol. The molecule has 0 spiro atoms. The number of thioether (sulfide) groups is 1. The zero-order chi connectivity index (χ0) is 12.6. The van der Waals surface area contributed by atoms with Crippen LogP contribution in [-0.4, -0.2) is 16.0 Å². The minimum Gasteiger partial charge on any atom is -0.266 e. The fourth-order valence-corrected chi connectivity index (χ4v) is 2.99. The van der Waals surface area contributed by atoms with E-state index in [0.29, 0.717) is 6.04 Å². The highest BCUT2D eigenvalue weighted by Crippen LogP contribution is 2.39. The Hall–Kier alpha value is -0.440. The first-order valence-corrected chi connectivity index (χ1v) is 7.85. The van der Waals surface area contributed by atoms with Crippen LogP contribution in [0.5, 0.6) is 0 Å². The summed E-state index contributed by atoms with van der Waals surface area (Å²) in [5.41, 5.74) is 4.38. The Bertz CT molecular complexity index is 405. The second kappa shape index (κ2) is 4.68. The van der Waals surface area contributed by atoms with E-state index >= 15 is 0 Å². The molecule has 2 rings (SSSR count). The smallest absolute Gasteiger partial charge is 0.0814 e.